The summed E-state index contributed by atoms with van der Waals surface area (Å²) in [5, 5.41) is 2.83. The van der Waals surface area contributed by atoms with Crippen molar-refractivity contribution in [2.75, 3.05) is 10.0 Å². The Bertz CT molecular complexity index is 1140. The quantitative estimate of drug-likeness (QED) is 0.569. The third-order valence-corrected chi connectivity index (χ3v) is 5.68. The van der Waals surface area contributed by atoms with E-state index in [1.807, 2.05) is 19.9 Å². The lowest BCUT2D eigenvalue weighted by atomic mass is 10.1. The van der Waals surface area contributed by atoms with Crippen LogP contribution in [0.1, 0.15) is 29.8 Å². The summed E-state index contributed by atoms with van der Waals surface area (Å²) in [6, 6.07) is 20.1. The van der Waals surface area contributed by atoms with Crippen molar-refractivity contribution in [3.8, 4) is 5.75 Å². The summed E-state index contributed by atoms with van der Waals surface area (Å²) < 4.78 is 33.6. The van der Waals surface area contributed by atoms with Crippen molar-refractivity contribution in [3.05, 3.63) is 83.9 Å². The molecule has 0 aliphatic heterocycles. The predicted octanol–water partition coefficient (Wildman–Crippen LogP) is 4.84. The highest BCUT2D eigenvalue weighted by Crippen LogP contribution is 2.26. The van der Waals surface area contributed by atoms with Crippen molar-refractivity contribution < 1.29 is 17.9 Å². The zero-order valence-electron chi connectivity index (χ0n) is 17.0. The van der Waals surface area contributed by atoms with Gasteiger partial charge in [0.25, 0.3) is 15.9 Å². The van der Waals surface area contributed by atoms with Gasteiger partial charge in [0.1, 0.15) is 5.75 Å². The van der Waals surface area contributed by atoms with Crippen LogP contribution in [0.15, 0.2) is 77.7 Å². The Labute approximate surface area is 177 Å². The minimum Gasteiger partial charge on any atom is -0.489 e. The second kappa shape index (κ2) is 9.00. The summed E-state index contributed by atoms with van der Waals surface area (Å²) in [4.78, 5) is 13.0. The van der Waals surface area contributed by atoms with Crippen LogP contribution in [0.4, 0.5) is 11.4 Å². The first-order valence-electron chi connectivity index (χ1n) is 9.52. The average Bonchev–Trinajstić information content (AvgIpc) is 2.71. The molecule has 0 heterocycles. The Morgan fingerprint density at radius 2 is 1.57 bits per heavy atom. The molecule has 0 spiro atoms. The first kappa shape index (κ1) is 21.4. The maximum Gasteiger partial charge on any atom is 0.261 e. The van der Waals surface area contributed by atoms with Crippen molar-refractivity contribution in [2.24, 2.45) is 0 Å². The summed E-state index contributed by atoms with van der Waals surface area (Å²) in [5.41, 5.74) is 1.92. The SMILES string of the molecule is Cc1ccc(C(=O)Nc2ccccc2OC(C)C)cc1NS(=O)(=O)c1ccccc1. The molecule has 0 saturated heterocycles. The van der Waals surface area contributed by atoms with E-state index in [-0.39, 0.29) is 16.9 Å². The number of benzene rings is 3. The van der Waals surface area contributed by atoms with Crippen LogP contribution >= 0.6 is 0 Å². The van der Waals surface area contributed by atoms with Gasteiger partial charge < -0.3 is 10.1 Å². The lowest BCUT2D eigenvalue weighted by molar-refractivity contribution is 0.102. The second-order valence-corrected chi connectivity index (χ2v) is 8.75. The molecule has 3 aromatic rings. The molecule has 0 aliphatic rings. The standard InChI is InChI=1S/C23H24N2O4S/c1-16(2)29-22-12-8-7-11-20(22)24-23(26)18-14-13-17(3)21(15-18)25-30(27,28)19-9-5-4-6-10-19/h4-16,25H,1-3H3,(H,24,26). The van der Waals surface area contributed by atoms with E-state index in [4.69, 9.17) is 4.74 Å². The zero-order valence-corrected chi connectivity index (χ0v) is 17.9. The topological polar surface area (TPSA) is 84.5 Å². The molecule has 1 amide bonds. The number of hydrogen-bond donors (Lipinski definition) is 2. The summed E-state index contributed by atoms with van der Waals surface area (Å²) in [6.45, 7) is 5.59. The lowest BCUT2D eigenvalue weighted by Gasteiger charge is -2.15. The maximum absolute atomic E-state index is 12.8. The first-order valence-corrected chi connectivity index (χ1v) is 11.0. The number of hydrogen-bond acceptors (Lipinski definition) is 4. The number of anilines is 2. The highest BCUT2D eigenvalue weighted by molar-refractivity contribution is 7.92. The summed E-state index contributed by atoms with van der Waals surface area (Å²) in [6.07, 6.45) is -0.0403. The predicted molar refractivity (Wildman–Crippen MR) is 119 cm³/mol. The number of sulfonamides is 1. The molecule has 0 fully saturated rings. The molecule has 2 N–H and O–H groups in total. The monoisotopic (exact) mass is 424 g/mol. The van der Waals surface area contributed by atoms with Crippen LogP contribution in [-0.2, 0) is 10.0 Å². The van der Waals surface area contributed by atoms with E-state index in [0.29, 0.717) is 28.3 Å². The van der Waals surface area contributed by atoms with Crippen LogP contribution in [0.2, 0.25) is 0 Å². The number of ether oxygens (including phenoxy) is 1. The molecule has 0 saturated carbocycles. The van der Waals surface area contributed by atoms with E-state index in [1.54, 1.807) is 55.5 Å². The van der Waals surface area contributed by atoms with Crippen molar-refractivity contribution >= 4 is 27.3 Å². The van der Waals surface area contributed by atoms with E-state index in [1.165, 1.54) is 18.2 Å². The van der Waals surface area contributed by atoms with E-state index < -0.39 is 10.0 Å². The minimum atomic E-state index is -3.76. The van der Waals surface area contributed by atoms with E-state index in [9.17, 15) is 13.2 Å². The zero-order chi connectivity index (χ0) is 21.7. The fourth-order valence-electron chi connectivity index (χ4n) is 2.80. The maximum atomic E-state index is 12.8. The van der Waals surface area contributed by atoms with Gasteiger partial charge in [-0.25, -0.2) is 8.42 Å². The Morgan fingerprint density at radius 1 is 0.900 bits per heavy atom. The summed E-state index contributed by atoms with van der Waals surface area (Å²) >= 11 is 0. The van der Waals surface area contributed by atoms with Crippen molar-refractivity contribution in [1.82, 2.24) is 0 Å². The number of nitrogens with one attached hydrogen (secondary N) is 2. The molecule has 156 valence electrons. The van der Waals surface area contributed by atoms with Crippen LogP contribution in [0.5, 0.6) is 5.75 Å². The Balaban J connectivity index is 1.84. The number of para-hydroxylation sites is 2. The van der Waals surface area contributed by atoms with Crippen molar-refractivity contribution in [2.45, 2.75) is 31.8 Å². The molecule has 7 heteroatoms. The molecule has 0 aromatic heterocycles. The van der Waals surface area contributed by atoms with Crippen LogP contribution in [0, 0.1) is 6.92 Å². The van der Waals surface area contributed by atoms with Crippen molar-refractivity contribution in [1.29, 1.82) is 0 Å². The molecule has 3 rings (SSSR count). The van der Waals surface area contributed by atoms with Crippen molar-refractivity contribution in [3.63, 3.8) is 0 Å². The van der Waals surface area contributed by atoms with E-state index in [0.717, 1.165) is 0 Å². The lowest BCUT2D eigenvalue weighted by Crippen LogP contribution is -2.16. The summed E-state index contributed by atoms with van der Waals surface area (Å²) in [5.74, 6) is 0.202. The molecular formula is C23H24N2O4S. The van der Waals surface area contributed by atoms with Crippen LogP contribution in [0.3, 0.4) is 0 Å². The Kier molecular flexibility index (Phi) is 6.42. The normalized spacial score (nSPS) is 11.2. The molecule has 6 nitrogen and oxygen atoms in total. The third-order valence-electron chi connectivity index (χ3n) is 4.30. The number of aryl methyl sites for hydroxylation is 1. The molecule has 0 unspecified atom stereocenters. The van der Waals surface area contributed by atoms with E-state index >= 15 is 0 Å². The Morgan fingerprint density at radius 3 is 2.27 bits per heavy atom. The van der Waals surface area contributed by atoms with Gasteiger partial charge in [0.2, 0.25) is 0 Å². The molecule has 0 bridgehead atoms. The number of carbonyl (C=O) groups excluding carboxylic acids is 1. The van der Waals surface area contributed by atoms with Gasteiger partial charge in [-0.15, -0.1) is 0 Å². The molecule has 3 aromatic carbocycles. The highest BCUT2D eigenvalue weighted by atomic mass is 32.2. The highest BCUT2D eigenvalue weighted by Gasteiger charge is 2.17. The Hall–Kier alpha value is -3.32. The number of rotatable bonds is 7. The minimum absolute atomic E-state index is 0.0403. The number of amides is 1. The average molecular weight is 425 g/mol. The van der Waals surface area contributed by atoms with Gasteiger partial charge in [0.05, 0.1) is 22.4 Å². The largest absolute Gasteiger partial charge is 0.489 e. The van der Waals surface area contributed by atoms with Crippen LogP contribution in [-0.4, -0.2) is 20.4 Å². The molecule has 0 radical (unpaired) electrons. The number of carbonyl (C=O) groups is 1. The second-order valence-electron chi connectivity index (χ2n) is 7.07. The first-order chi connectivity index (χ1) is 14.3. The molecule has 30 heavy (non-hydrogen) atoms. The van der Waals surface area contributed by atoms with Crippen LogP contribution < -0.4 is 14.8 Å². The van der Waals surface area contributed by atoms with Gasteiger partial charge in [0, 0.05) is 5.56 Å². The van der Waals surface area contributed by atoms with Gasteiger partial charge in [-0.05, 0) is 62.7 Å². The molecular weight excluding hydrogens is 400 g/mol. The third kappa shape index (κ3) is 5.18. The van der Waals surface area contributed by atoms with Gasteiger partial charge in [-0.2, -0.15) is 0 Å². The van der Waals surface area contributed by atoms with E-state index in [2.05, 4.69) is 10.0 Å². The van der Waals surface area contributed by atoms with Gasteiger partial charge >= 0.3 is 0 Å². The molecule has 0 atom stereocenters. The fourth-order valence-corrected chi connectivity index (χ4v) is 3.94. The van der Waals surface area contributed by atoms with Gasteiger partial charge in [-0.3, -0.25) is 9.52 Å². The van der Waals surface area contributed by atoms with Gasteiger partial charge in [0.15, 0.2) is 0 Å². The summed E-state index contributed by atoms with van der Waals surface area (Å²) in [7, 11) is -3.76. The fraction of sp³-hybridized carbons (Fsp3) is 0.174. The van der Waals surface area contributed by atoms with Gasteiger partial charge in [-0.1, -0.05) is 36.4 Å². The van der Waals surface area contributed by atoms with Crippen LogP contribution in [0.25, 0.3) is 0 Å². The smallest absolute Gasteiger partial charge is 0.261 e. The molecule has 0 aliphatic carbocycles.